The molecule has 1 aliphatic heterocycles. The zero-order valence-corrected chi connectivity index (χ0v) is 10.2. The first-order valence-corrected chi connectivity index (χ1v) is 6.07. The summed E-state index contributed by atoms with van der Waals surface area (Å²) in [5, 5.41) is 7.21. The topological polar surface area (TPSA) is 65.6 Å². The van der Waals surface area contributed by atoms with Crippen LogP contribution in [0, 0.1) is 5.41 Å². The minimum Gasteiger partial charge on any atom is -0.388 e. The van der Waals surface area contributed by atoms with Crippen molar-refractivity contribution in [3.63, 3.8) is 0 Å². The minimum absolute atomic E-state index is 0.282. The fourth-order valence-corrected chi connectivity index (χ4v) is 1.81. The van der Waals surface area contributed by atoms with Crippen LogP contribution in [0.2, 0.25) is 0 Å². The van der Waals surface area contributed by atoms with E-state index in [2.05, 4.69) is 16.7 Å². The lowest BCUT2D eigenvalue weighted by molar-refractivity contribution is 0.0337. The largest absolute Gasteiger partial charge is 0.388 e. The molecule has 0 saturated carbocycles. The average molecular weight is 228 g/mol. The number of nitrogens with zero attached hydrogens (tertiary/aromatic N) is 2. The monoisotopic (exact) mass is 228 g/mol. The number of morpholine rings is 1. The van der Waals surface area contributed by atoms with E-state index in [1.165, 1.54) is 0 Å². The Morgan fingerprint density at radius 3 is 2.62 bits per heavy atom. The fraction of sp³-hybridized carbons (Fsp3) is 0.909. The molecule has 0 aliphatic carbocycles. The lowest BCUT2D eigenvalue weighted by atomic mass is 10.3. The molecular weight excluding hydrogens is 204 g/mol. The highest BCUT2D eigenvalue weighted by atomic mass is 16.5. The van der Waals surface area contributed by atoms with Crippen molar-refractivity contribution in [2.24, 2.45) is 5.73 Å². The maximum atomic E-state index is 7.21. The van der Waals surface area contributed by atoms with Gasteiger partial charge in [-0.15, -0.1) is 0 Å². The molecule has 0 unspecified atom stereocenters. The first-order chi connectivity index (χ1) is 7.72. The van der Waals surface area contributed by atoms with Crippen LogP contribution in [0.1, 0.15) is 13.3 Å². The molecular formula is C11H24N4O. The Morgan fingerprint density at radius 2 is 2.06 bits per heavy atom. The van der Waals surface area contributed by atoms with Gasteiger partial charge in [0, 0.05) is 39.1 Å². The molecule has 5 nitrogen and oxygen atoms in total. The number of nitrogens with two attached hydrogens (primary N) is 1. The second kappa shape index (κ2) is 7.60. The Bertz CT molecular complexity index is 204. The van der Waals surface area contributed by atoms with Crippen LogP contribution in [0.3, 0.4) is 0 Å². The van der Waals surface area contributed by atoms with E-state index in [0.717, 1.165) is 52.5 Å². The van der Waals surface area contributed by atoms with E-state index in [9.17, 15) is 0 Å². The summed E-state index contributed by atoms with van der Waals surface area (Å²) in [6, 6.07) is 0. The van der Waals surface area contributed by atoms with E-state index in [0.29, 0.717) is 6.42 Å². The molecule has 1 aliphatic rings. The van der Waals surface area contributed by atoms with Crippen molar-refractivity contribution in [3.05, 3.63) is 0 Å². The van der Waals surface area contributed by atoms with E-state index in [1.54, 1.807) is 0 Å². The molecule has 1 rings (SSSR count). The Labute approximate surface area is 98.0 Å². The van der Waals surface area contributed by atoms with E-state index in [-0.39, 0.29) is 5.84 Å². The van der Waals surface area contributed by atoms with Crippen molar-refractivity contribution < 1.29 is 4.74 Å². The molecule has 1 fully saturated rings. The quantitative estimate of drug-likeness (QED) is 0.474. The van der Waals surface area contributed by atoms with Gasteiger partial charge >= 0.3 is 0 Å². The summed E-state index contributed by atoms with van der Waals surface area (Å²) in [5.74, 6) is 0.282. The zero-order valence-electron chi connectivity index (χ0n) is 10.2. The average Bonchev–Trinajstić information content (AvgIpc) is 2.30. The second-order valence-electron chi connectivity index (χ2n) is 4.16. The molecule has 1 saturated heterocycles. The summed E-state index contributed by atoms with van der Waals surface area (Å²) < 4.78 is 5.31. The summed E-state index contributed by atoms with van der Waals surface area (Å²) in [4.78, 5) is 4.77. The van der Waals surface area contributed by atoms with Gasteiger partial charge in [0.1, 0.15) is 0 Å². The molecule has 0 radical (unpaired) electrons. The number of rotatable bonds is 7. The molecule has 0 amide bonds. The molecule has 5 heteroatoms. The van der Waals surface area contributed by atoms with E-state index >= 15 is 0 Å². The van der Waals surface area contributed by atoms with Gasteiger partial charge in [0.25, 0.3) is 0 Å². The van der Waals surface area contributed by atoms with Crippen LogP contribution < -0.4 is 5.73 Å². The van der Waals surface area contributed by atoms with Crippen LogP contribution in [0.25, 0.3) is 0 Å². The first kappa shape index (κ1) is 13.4. The van der Waals surface area contributed by atoms with Gasteiger partial charge < -0.3 is 15.4 Å². The predicted molar refractivity (Wildman–Crippen MR) is 65.9 cm³/mol. The fourth-order valence-electron chi connectivity index (χ4n) is 1.81. The number of hydrogen-bond donors (Lipinski definition) is 2. The Morgan fingerprint density at radius 1 is 1.38 bits per heavy atom. The lowest BCUT2D eigenvalue weighted by Gasteiger charge is -2.29. The normalized spacial score (nSPS) is 17.9. The standard InChI is InChI=1S/C11H24N4O/c1-2-14(4-3-11(12)13)5-6-15-7-9-16-10-8-15/h2-10H2,1H3,(H3,12,13). The van der Waals surface area contributed by atoms with Crippen molar-refractivity contribution in [2.45, 2.75) is 13.3 Å². The highest BCUT2D eigenvalue weighted by molar-refractivity contribution is 5.76. The highest BCUT2D eigenvalue weighted by Crippen LogP contribution is 1.98. The number of likely N-dealkylation sites (N-methyl/N-ethyl adjacent to an activating group) is 1. The lowest BCUT2D eigenvalue weighted by Crippen LogP contribution is -2.42. The van der Waals surface area contributed by atoms with Crippen LogP contribution in [-0.4, -0.2) is 68.1 Å². The summed E-state index contributed by atoms with van der Waals surface area (Å²) in [6.45, 7) is 10.0. The van der Waals surface area contributed by atoms with Crippen LogP contribution in [0.5, 0.6) is 0 Å². The SMILES string of the molecule is CCN(CCC(=N)N)CCN1CCOCC1. The summed E-state index contributed by atoms with van der Waals surface area (Å²) in [6.07, 6.45) is 0.678. The van der Waals surface area contributed by atoms with Crippen molar-refractivity contribution in [2.75, 3.05) is 52.5 Å². The summed E-state index contributed by atoms with van der Waals surface area (Å²) in [5.41, 5.74) is 5.36. The van der Waals surface area contributed by atoms with Crippen molar-refractivity contribution >= 4 is 5.84 Å². The van der Waals surface area contributed by atoms with Gasteiger partial charge in [0.2, 0.25) is 0 Å². The van der Waals surface area contributed by atoms with Crippen LogP contribution in [0.15, 0.2) is 0 Å². The van der Waals surface area contributed by atoms with Gasteiger partial charge in [0.15, 0.2) is 0 Å². The number of amidine groups is 1. The molecule has 16 heavy (non-hydrogen) atoms. The Kier molecular flexibility index (Phi) is 6.37. The molecule has 0 spiro atoms. The number of ether oxygens (including phenoxy) is 1. The zero-order chi connectivity index (χ0) is 11.8. The third-order valence-corrected chi connectivity index (χ3v) is 2.98. The maximum absolute atomic E-state index is 7.21. The van der Waals surface area contributed by atoms with Crippen LogP contribution >= 0.6 is 0 Å². The number of hydrogen-bond acceptors (Lipinski definition) is 4. The van der Waals surface area contributed by atoms with Gasteiger partial charge in [-0.25, -0.2) is 0 Å². The van der Waals surface area contributed by atoms with Crippen molar-refractivity contribution in [1.29, 1.82) is 5.41 Å². The Balaban J connectivity index is 2.14. The molecule has 0 atom stereocenters. The molecule has 0 aromatic rings. The third-order valence-electron chi connectivity index (χ3n) is 2.98. The predicted octanol–water partition coefficient (Wildman–Crippen LogP) is -0.0334. The van der Waals surface area contributed by atoms with Gasteiger partial charge in [-0.2, -0.15) is 0 Å². The van der Waals surface area contributed by atoms with E-state index in [1.807, 2.05) is 0 Å². The van der Waals surface area contributed by atoms with Gasteiger partial charge in [-0.1, -0.05) is 6.92 Å². The molecule has 1 heterocycles. The maximum Gasteiger partial charge on any atom is 0.0918 e. The Hall–Kier alpha value is -0.650. The molecule has 3 N–H and O–H groups in total. The van der Waals surface area contributed by atoms with Crippen LogP contribution in [-0.2, 0) is 4.74 Å². The third kappa shape index (κ3) is 5.44. The molecule has 0 aromatic carbocycles. The van der Waals surface area contributed by atoms with Crippen LogP contribution in [0.4, 0.5) is 0 Å². The summed E-state index contributed by atoms with van der Waals surface area (Å²) in [7, 11) is 0. The smallest absolute Gasteiger partial charge is 0.0918 e. The van der Waals surface area contributed by atoms with Gasteiger partial charge in [-0.3, -0.25) is 10.3 Å². The molecule has 94 valence electrons. The van der Waals surface area contributed by atoms with Gasteiger partial charge in [-0.05, 0) is 6.54 Å². The van der Waals surface area contributed by atoms with E-state index in [4.69, 9.17) is 15.9 Å². The number of nitrogens with one attached hydrogen (secondary N) is 1. The first-order valence-electron chi connectivity index (χ1n) is 6.07. The van der Waals surface area contributed by atoms with E-state index < -0.39 is 0 Å². The highest BCUT2D eigenvalue weighted by Gasteiger charge is 2.11. The minimum atomic E-state index is 0.282. The molecule has 0 bridgehead atoms. The molecule has 0 aromatic heterocycles. The second-order valence-corrected chi connectivity index (χ2v) is 4.16. The van der Waals surface area contributed by atoms with Crippen molar-refractivity contribution in [1.82, 2.24) is 9.80 Å². The van der Waals surface area contributed by atoms with Gasteiger partial charge in [0.05, 0.1) is 19.0 Å². The summed E-state index contributed by atoms with van der Waals surface area (Å²) >= 11 is 0. The van der Waals surface area contributed by atoms with Crippen molar-refractivity contribution in [3.8, 4) is 0 Å².